The van der Waals surface area contributed by atoms with Crippen LogP contribution in [0.25, 0.3) is 0 Å². The summed E-state index contributed by atoms with van der Waals surface area (Å²) < 4.78 is 1.01. The first-order chi connectivity index (χ1) is 4.83. The molecule has 0 amide bonds. The van der Waals surface area contributed by atoms with Crippen molar-refractivity contribution in [1.82, 2.24) is 4.98 Å². The van der Waals surface area contributed by atoms with Crippen molar-refractivity contribution in [2.75, 3.05) is 0 Å². The Bertz CT molecular complexity index is 283. The molecule has 0 bridgehead atoms. The smallest absolute Gasteiger partial charge is 0.114 e. The third-order valence-electron chi connectivity index (χ3n) is 0.975. The molecule has 10 heavy (non-hydrogen) atoms. The zero-order valence-electron chi connectivity index (χ0n) is 5.56. The van der Waals surface area contributed by atoms with Gasteiger partial charge in [-0.05, 0) is 25.0 Å². The van der Waals surface area contributed by atoms with Crippen LogP contribution in [0.2, 0.25) is 0 Å². The zero-order valence-corrected chi connectivity index (χ0v) is 7.14. The summed E-state index contributed by atoms with van der Waals surface area (Å²) >= 11 is 3.32. The number of hydrogen-bond donors (Lipinski definition) is 0. The van der Waals surface area contributed by atoms with Crippen molar-refractivity contribution in [3.05, 3.63) is 28.5 Å². The van der Waals surface area contributed by atoms with E-state index < -0.39 is 0 Å². The van der Waals surface area contributed by atoms with Gasteiger partial charge in [0, 0.05) is 10.7 Å². The van der Waals surface area contributed by atoms with Crippen LogP contribution < -0.4 is 0 Å². The molecule has 0 aliphatic heterocycles. The van der Waals surface area contributed by atoms with Crippen LogP contribution in [-0.2, 0) is 0 Å². The Morgan fingerprint density at radius 2 is 2.40 bits per heavy atom. The van der Waals surface area contributed by atoms with E-state index in [2.05, 4.69) is 32.8 Å². The number of hydrogen-bond acceptors (Lipinski definition) is 1. The van der Waals surface area contributed by atoms with Gasteiger partial charge >= 0.3 is 0 Å². The summed E-state index contributed by atoms with van der Waals surface area (Å²) in [6, 6.07) is 3.76. The second-order valence-electron chi connectivity index (χ2n) is 1.73. The zero-order chi connectivity index (χ0) is 7.40. The quantitative estimate of drug-likeness (QED) is 0.579. The van der Waals surface area contributed by atoms with Crippen molar-refractivity contribution < 1.29 is 0 Å². The fourth-order valence-corrected chi connectivity index (χ4v) is 0.936. The predicted octanol–water partition coefficient (Wildman–Crippen LogP) is 2.22. The second-order valence-corrected chi connectivity index (χ2v) is 2.65. The molecule has 0 saturated heterocycles. The Hall–Kier alpha value is -0.810. The summed E-state index contributed by atoms with van der Waals surface area (Å²) in [6.45, 7) is 1.79. The summed E-state index contributed by atoms with van der Waals surface area (Å²) in [6.07, 6.45) is 1.73. The molecule has 0 N–H and O–H groups in total. The van der Waals surface area contributed by atoms with E-state index in [0.717, 1.165) is 10.2 Å². The first-order valence-corrected chi connectivity index (χ1v) is 3.66. The number of rotatable bonds is 0. The van der Waals surface area contributed by atoms with Gasteiger partial charge in [-0.1, -0.05) is 21.9 Å². The topological polar surface area (TPSA) is 12.9 Å². The van der Waals surface area contributed by atoms with Gasteiger partial charge in [-0.3, -0.25) is 0 Å². The molecule has 0 aromatic carbocycles. The van der Waals surface area contributed by atoms with Crippen LogP contribution in [0.4, 0.5) is 0 Å². The highest BCUT2D eigenvalue weighted by molar-refractivity contribution is 9.10. The maximum absolute atomic E-state index is 4.03. The Labute approximate surface area is 68.6 Å². The maximum atomic E-state index is 4.03. The van der Waals surface area contributed by atoms with Crippen molar-refractivity contribution in [2.45, 2.75) is 6.92 Å². The van der Waals surface area contributed by atoms with Gasteiger partial charge in [-0.2, -0.15) is 0 Å². The lowest BCUT2D eigenvalue weighted by atomic mass is 10.3. The fraction of sp³-hybridized carbons (Fsp3) is 0.125. The highest BCUT2D eigenvalue weighted by Gasteiger charge is 1.87. The molecule has 1 aromatic rings. The Kier molecular flexibility index (Phi) is 2.47. The second kappa shape index (κ2) is 3.38. The van der Waals surface area contributed by atoms with E-state index in [1.165, 1.54) is 0 Å². The van der Waals surface area contributed by atoms with Crippen LogP contribution in [0.5, 0.6) is 0 Å². The van der Waals surface area contributed by atoms with Crippen molar-refractivity contribution in [3.8, 4) is 11.8 Å². The Balaban J connectivity index is 3.03. The molecule has 0 spiro atoms. The summed E-state index contributed by atoms with van der Waals surface area (Å²) in [5.41, 5.74) is 0.803. The van der Waals surface area contributed by atoms with Crippen LogP contribution >= 0.6 is 15.9 Å². The van der Waals surface area contributed by atoms with Gasteiger partial charge in [-0.25, -0.2) is 4.98 Å². The van der Waals surface area contributed by atoms with Crippen molar-refractivity contribution >= 4 is 15.9 Å². The Morgan fingerprint density at radius 1 is 1.60 bits per heavy atom. The third kappa shape index (κ3) is 1.85. The largest absolute Gasteiger partial charge is 0.248 e. The minimum atomic E-state index is 0.803. The molecule has 0 unspecified atom stereocenters. The van der Waals surface area contributed by atoms with E-state index in [-0.39, 0.29) is 0 Å². The summed E-state index contributed by atoms with van der Waals surface area (Å²) in [4.78, 5) is 4.03. The molecule has 50 valence electrons. The summed E-state index contributed by atoms with van der Waals surface area (Å²) in [5, 5.41) is 0. The van der Waals surface area contributed by atoms with Gasteiger partial charge in [0.1, 0.15) is 5.69 Å². The van der Waals surface area contributed by atoms with E-state index in [1.807, 2.05) is 12.1 Å². The minimum Gasteiger partial charge on any atom is -0.248 e. The lowest BCUT2D eigenvalue weighted by Gasteiger charge is -1.88. The SMILES string of the molecule is CC#Cc1cc(Br)ccn1. The Morgan fingerprint density at radius 3 is 3.00 bits per heavy atom. The monoisotopic (exact) mass is 195 g/mol. The van der Waals surface area contributed by atoms with Gasteiger partial charge in [0.05, 0.1) is 0 Å². The molecule has 0 aliphatic carbocycles. The molecule has 0 radical (unpaired) electrons. The normalized spacial score (nSPS) is 8.20. The minimum absolute atomic E-state index is 0.803. The van der Waals surface area contributed by atoms with Crippen molar-refractivity contribution in [1.29, 1.82) is 0 Å². The molecule has 1 heterocycles. The van der Waals surface area contributed by atoms with Gasteiger partial charge in [0.25, 0.3) is 0 Å². The summed E-state index contributed by atoms with van der Waals surface area (Å²) in [5.74, 6) is 5.64. The molecule has 1 rings (SSSR count). The first-order valence-electron chi connectivity index (χ1n) is 2.87. The van der Waals surface area contributed by atoms with Crippen molar-refractivity contribution in [2.24, 2.45) is 0 Å². The van der Waals surface area contributed by atoms with Gasteiger partial charge in [0.15, 0.2) is 0 Å². The molecule has 0 saturated carbocycles. The van der Waals surface area contributed by atoms with E-state index in [1.54, 1.807) is 13.1 Å². The molecular formula is C8H6BrN. The highest BCUT2D eigenvalue weighted by atomic mass is 79.9. The average molecular weight is 196 g/mol. The van der Waals surface area contributed by atoms with Gasteiger partial charge in [-0.15, -0.1) is 0 Å². The molecule has 1 aromatic heterocycles. The van der Waals surface area contributed by atoms with E-state index in [9.17, 15) is 0 Å². The van der Waals surface area contributed by atoms with Crippen LogP contribution in [0.1, 0.15) is 12.6 Å². The average Bonchev–Trinajstić information content (AvgIpc) is 1.88. The summed E-state index contributed by atoms with van der Waals surface area (Å²) in [7, 11) is 0. The van der Waals surface area contributed by atoms with Crippen molar-refractivity contribution in [3.63, 3.8) is 0 Å². The van der Waals surface area contributed by atoms with E-state index in [0.29, 0.717) is 0 Å². The van der Waals surface area contributed by atoms with E-state index in [4.69, 9.17) is 0 Å². The van der Waals surface area contributed by atoms with Crippen LogP contribution in [0, 0.1) is 11.8 Å². The molecule has 0 atom stereocenters. The maximum Gasteiger partial charge on any atom is 0.114 e. The van der Waals surface area contributed by atoms with Crippen LogP contribution in [0.15, 0.2) is 22.8 Å². The fourth-order valence-electron chi connectivity index (χ4n) is 0.601. The van der Waals surface area contributed by atoms with Gasteiger partial charge < -0.3 is 0 Å². The molecular weight excluding hydrogens is 190 g/mol. The van der Waals surface area contributed by atoms with Crippen LogP contribution in [-0.4, -0.2) is 4.98 Å². The number of halogens is 1. The lowest BCUT2D eigenvalue weighted by Crippen LogP contribution is -1.78. The number of nitrogens with zero attached hydrogens (tertiary/aromatic N) is 1. The molecule has 0 aliphatic rings. The molecule has 2 heteroatoms. The first kappa shape index (κ1) is 7.30. The number of pyridine rings is 1. The number of aromatic nitrogens is 1. The molecule has 1 nitrogen and oxygen atoms in total. The predicted molar refractivity (Wildman–Crippen MR) is 44.5 cm³/mol. The van der Waals surface area contributed by atoms with Crippen LogP contribution in [0.3, 0.4) is 0 Å². The standard InChI is InChI=1S/C8H6BrN/c1-2-3-8-6-7(9)4-5-10-8/h4-6H,1H3. The third-order valence-corrected chi connectivity index (χ3v) is 1.47. The molecule has 0 fully saturated rings. The highest BCUT2D eigenvalue weighted by Crippen LogP contribution is 2.07. The van der Waals surface area contributed by atoms with E-state index >= 15 is 0 Å². The lowest BCUT2D eigenvalue weighted by molar-refractivity contribution is 1.27. The van der Waals surface area contributed by atoms with Gasteiger partial charge in [0.2, 0.25) is 0 Å².